The lowest BCUT2D eigenvalue weighted by Crippen LogP contribution is -2.49. The number of urea groups is 1. The van der Waals surface area contributed by atoms with Crippen molar-refractivity contribution in [2.24, 2.45) is 4.99 Å². The maximum Gasteiger partial charge on any atom is 0.325 e. The Morgan fingerprint density at radius 2 is 1.66 bits per heavy atom. The molecule has 38 heavy (non-hydrogen) atoms. The minimum absolute atomic E-state index is 0.254. The smallest absolute Gasteiger partial charge is 0.325 e. The molecule has 0 aliphatic carbocycles. The Morgan fingerprint density at radius 1 is 0.921 bits per heavy atom. The predicted molar refractivity (Wildman–Crippen MR) is 147 cm³/mol. The number of carbonyl (C=O) groups excluding carboxylic acids is 2. The van der Waals surface area contributed by atoms with Crippen LogP contribution in [0, 0.1) is 0 Å². The van der Waals surface area contributed by atoms with Crippen LogP contribution in [0.25, 0.3) is 0 Å². The lowest BCUT2D eigenvalue weighted by molar-refractivity contribution is -0.131. The number of fused-ring (bicyclic) bond motifs is 2. The van der Waals surface area contributed by atoms with Gasteiger partial charge in [0.1, 0.15) is 11.6 Å². The van der Waals surface area contributed by atoms with Gasteiger partial charge < -0.3 is 14.6 Å². The third kappa shape index (κ3) is 4.61. The molecule has 0 bridgehead atoms. The van der Waals surface area contributed by atoms with Gasteiger partial charge in [-0.05, 0) is 56.6 Å². The maximum absolute atomic E-state index is 13.0. The Morgan fingerprint density at radius 3 is 2.45 bits per heavy atom. The highest BCUT2D eigenvalue weighted by atomic mass is 32.2. The first-order valence-corrected chi connectivity index (χ1v) is 13.9. The van der Waals surface area contributed by atoms with Gasteiger partial charge in [-0.2, -0.15) is 0 Å². The summed E-state index contributed by atoms with van der Waals surface area (Å²) >= 11 is 1.78. The second-order valence-corrected chi connectivity index (χ2v) is 11.1. The van der Waals surface area contributed by atoms with E-state index < -0.39 is 5.54 Å². The van der Waals surface area contributed by atoms with Gasteiger partial charge in [0, 0.05) is 48.1 Å². The van der Waals surface area contributed by atoms with Crippen LogP contribution in [0.1, 0.15) is 31.1 Å². The number of hydrogen-bond donors (Lipinski definition) is 1. The van der Waals surface area contributed by atoms with Gasteiger partial charge in [-0.3, -0.25) is 14.6 Å². The average Bonchev–Trinajstić information content (AvgIpc) is 3.51. The average molecular weight is 530 g/mol. The van der Waals surface area contributed by atoms with Crippen LogP contribution in [-0.4, -0.2) is 71.7 Å². The van der Waals surface area contributed by atoms with E-state index in [1.165, 1.54) is 26.5 Å². The summed E-state index contributed by atoms with van der Waals surface area (Å²) in [7, 11) is 0. The van der Waals surface area contributed by atoms with Crippen molar-refractivity contribution < 1.29 is 14.0 Å². The zero-order valence-electron chi connectivity index (χ0n) is 21.4. The number of nitrogens with zero attached hydrogens (tertiary/aromatic N) is 4. The van der Waals surface area contributed by atoms with Crippen molar-refractivity contribution in [2.75, 3.05) is 39.3 Å². The van der Waals surface area contributed by atoms with E-state index in [9.17, 15) is 9.59 Å². The first kappa shape index (κ1) is 24.8. The summed E-state index contributed by atoms with van der Waals surface area (Å²) in [5.74, 6) is 1.25. The van der Waals surface area contributed by atoms with Crippen LogP contribution in [0.5, 0.6) is 0 Å². The summed E-state index contributed by atoms with van der Waals surface area (Å²) in [6.07, 6.45) is 3.20. The van der Waals surface area contributed by atoms with Crippen LogP contribution in [0.15, 0.2) is 86.1 Å². The molecule has 1 N–H and O–H groups in total. The van der Waals surface area contributed by atoms with Crippen LogP contribution in [0.4, 0.5) is 10.5 Å². The molecule has 1 atom stereocenters. The summed E-state index contributed by atoms with van der Waals surface area (Å²) < 4.78 is 5.41. The summed E-state index contributed by atoms with van der Waals surface area (Å²) in [4.78, 5) is 39.2. The number of nitrogens with one attached hydrogen (secondary N) is 1. The number of benzene rings is 2. The van der Waals surface area contributed by atoms with Gasteiger partial charge >= 0.3 is 6.03 Å². The number of para-hydroxylation sites is 1. The van der Waals surface area contributed by atoms with Crippen molar-refractivity contribution in [3.63, 3.8) is 0 Å². The maximum atomic E-state index is 13.0. The standard InChI is InChI=1S/C29H31N5O3S/c1-29(25-13-8-20-37-25)27(35)34(28(36)31-29)15-7-6-14-32-16-18-33(19-17-32)26-21-9-2-4-11-23(21)38-24-12-5-3-10-22(24)30-26/h2-5,8-13,20H,6-7,14-19H2,1H3,(H,31,36). The summed E-state index contributed by atoms with van der Waals surface area (Å²) in [6, 6.07) is 20.0. The van der Waals surface area contributed by atoms with Crippen LogP contribution < -0.4 is 5.32 Å². The molecule has 6 rings (SSSR count). The van der Waals surface area contributed by atoms with Gasteiger partial charge in [0.05, 0.1) is 12.0 Å². The summed E-state index contributed by atoms with van der Waals surface area (Å²) in [6.45, 7) is 6.77. The van der Waals surface area contributed by atoms with E-state index in [-0.39, 0.29) is 11.9 Å². The van der Waals surface area contributed by atoms with Gasteiger partial charge in [0.25, 0.3) is 5.91 Å². The van der Waals surface area contributed by atoms with Crippen LogP contribution in [-0.2, 0) is 10.3 Å². The topological polar surface area (TPSA) is 81.4 Å². The quantitative estimate of drug-likeness (QED) is 0.369. The summed E-state index contributed by atoms with van der Waals surface area (Å²) in [5.41, 5.74) is 1.09. The SMILES string of the molecule is CC1(c2ccco2)NC(=O)N(CCCCN2CCN(C3=Nc4ccccc4Sc4ccccc43)CC2)C1=O. The van der Waals surface area contributed by atoms with Gasteiger partial charge in [-0.25, -0.2) is 9.79 Å². The molecule has 9 heteroatoms. The van der Waals surface area contributed by atoms with E-state index >= 15 is 0 Å². The van der Waals surface area contributed by atoms with E-state index in [1.807, 2.05) is 6.07 Å². The Hall–Kier alpha value is -3.56. The minimum atomic E-state index is -1.13. The molecule has 3 aromatic rings. The van der Waals surface area contributed by atoms with Crippen molar-refractivity contribution >= 4 is 35.2 Å². The number of imide groups is 1. The predicted octanol–water partition coefficient (Wildman–Crippen LogP) is 4.69. The number of amidine groups is 1. The third-order valence-electron chi connectivity index (χ3n) is 7.51. The van der Waals surface area contributed by atoms with Crippen molar-refractivity contribution in [3.8, 4) is 0 Å². The first-order chi connectivity index (χ1) is 18.5. The number of amides is 3. The molecule has 4 heterocycles. The minimum Gasteiger partial charge on any atom is -0.466 e. The molecule has 3 aliphatic heterocycles. The molecule has 1 aromatic heterocycles. The first-order valence-electron chi connectivity index (χ1n) is 13.1. The molecule has 3 amide bonds. The molecule has 3 aliphatic rings. The zero-order chi connectivity index (χ0) is 26.1. The van der Waals surface area contributed by atoms with Gasteiger partial charge in [-0.15, -0.1) is 0 Å². The number of hydrogen-bond acceptors (Lipinski definition) is 7. The highest BCUT2D eigenvalue weighted by molar-refractivity contribution is 7.99. The highest BCUT2D eigenvalue weighted by Gasteiger charge is 2.50. The molecule has 2 aromatic carbocycles. The Balaban J connectivity index is 1.03. The Labute approximate surface area is 226 Å². The van der Waals surface area contributed by atoms with Crippen LogP contribution >= 0.6 is 11.8 Å². The van der Waals surface area contributed by atoms with E-state index in [1.54, 1.807) is 30.8 Å². The number of aliphatic imine (C=N–C) groups is 1. The molecule has 196 valence electrons. The number of piperazine rings is 1. The largest absolute Gasteiger partial charge is 0.466 e. The normalized spacial score (nSPS) is 21.6. The molecular formula is C29H31N5O3S. The Kier molecular flexibility index (Phi) is 6.71. The molecule has 1 unspecified atom stereocenters. The zero-order valence-corrected chi connectivity index (χ0v) is 22.2. The monoisotopic (exact) mass is 529 g/mol. The van der Waals surface area contributed by atoms with Crippen molar-refractivity contribution in [1.29, 1.82) is 0 Å². The second kappa shape index (κ2) is 10.3. The van der Waals surface area contributed by atoms with E-state index in [2.05, 4.69) is 57.6 Å². The second-order valence-electron chi connectivity index (χ2n) is 10.0. The summed E-state index contributed by atoms with van der Waals surface area (Å²) in [5, 5.41) is 2.79. The molecule has 0 radical (unpaired) electrons. The van der Waals surface area contributed by atoms with Gasteiger partial charge in [0.2, 0.25) is 0 Å². The van der Waals surface area contributed by atoms with Crippen LogP contribution in [0.3, 0.4) is 0 Å². The molecule has 0 saturated carbocycles. The van der Waals surface area contributed by atoms with E-state index in [0.717, 1.165) is 57.1 Å². The van der Waals surface area contributed by atoms with Gasteiger partial charge in [-0.1, -0.05) is 42.1 Å². The van der Waals surface area contributed by atoms with E-state index in [4.69, 9.17) is 9.41 Å². The van der Waals surface area contributed by atoms with Gasteiger partial charge in [0.15, 0.2) is 5.54 Å². The number of unbranched alkanes of at least 4 members (excludes halogenated alkanes) is 1. The lowest BCUT2D eigenvalue weighted by Gasteiger charge is -2.36. The molecule has 2 saturated heterocycles. The Bertz CT molecular complexity index is 1370. The number of rotatable bonds is 6. The van der Waals surface area contributed by atoms with Crippen molar-refractivity contribution in [1.82, 2.24) is 20.0 Å². The van der Waals surface area contributed by atoms with Crippen molar-refractivity contribution in [3.05, 3.63) is 78.3 Å². The molecule has 0 spiro atoms. The molecule has 2 fully saturated rings. The fourth-order valence-corrected chi connectivity index (χ4v) is 6.35. The van der Waals surface area contributed by atoms with Crippen LogP contribution in [0.2, 0.25) is 0 Å². The third-order valence-corrected chi connectivity index (χ3v) is 8.65. The lowest BCUT2D eigenvalue weighted by atomic mass is 9.99. The van der Waals surface area contributed by atoms with E-state index in [0.29, 0.717) is 12.3 Å². The fourth-order valence-electron chi connectivity index (χ4n) is 5.33. The fraction of sp³-hybridized carbons (Fsp3) is 0.345. The van der Waals surface area contributed by atoms with Crippen molar-refractivity contribution in [2.45, 2.75) is 35.1 Å². The number of carbonyl (C=O) groups is 2. The molecule has 8 nitrogen and oxygen atoms in total. The molecular weight excluding hydrogens is 498 g/mol. The number of furan rings is 1. The highest BCUT2D eigenvalue weighted by Crippen LogP contribution is 2.40.